The average molecular weight is 239 g/mol. The van der Waals surface area contributed by atoms with Gasteiger partial charge in [-0.15, -0.1) is 0 Å². The summed E-state index contributed by atoms with van der Waals surface area (Å²) in [6.45, 7) is 0. The van der Waals surface area contributed by atoms with Gasteiger partial charge in [-0.05, 0) is 12.1 Å². The third-order valence-corrected chi connectivity index (χ3v) is 2.65. The van der Waals surface area contributed by atoms with E-state index in [0.29, 0.717) is 11.3 Å². The van der Waals surface area contributed by atoms with Gasteiger partial charge in [-0.1, -0.05) is 30.3 Å². The lowest BCUT2D eigenvalue weighted by Crippen LogP contribution is -2.04. The Kier molecular flexibility index (Phi) is 2.30. The smallest absolute Gasteiger partial charge is 0.356 e. The molecule has 0 atom stereocenters. The Hall–Kier alpha value is -2.69. The van der Waals surface area contributed by atoms with Gasteiger partial charge in [0, 0.05) is 5.56 Å². The largest absolute Gasteiger partial charge is 0.476 e. The molecule has 0 saturated heterocycles. The van der Waals surface area contributed by atoms with Crippen molar-refractivity contribution in [2.24, 2.45) is 0 Å². The molecule has 0 amide bonds. The minimum absolute atomic E-state index is 0.0581. The minimum Gasteiger partial charge on any atom is -0.476 e. The number of carboxylic acid groups (broad SMARTS) is 1. The highest BCUT2D eigenvalue weighted by Gasteiger charge is 2.12. The highest BCUT2D eigenvalue weighted by Crippen LogP contribution is 2.17. The zero-order valence-electron chi connectivity index (χ0n) is 9.32. The second kappa shape index (κ2) is 3.96. The van der Waals surface area contributed by atoms with Crippen LogP contribution in [0.5, 0.6) is 0 Å². The Labute approximate surface area is 102 Å². The maximum atomic E-state index is 11.0. The Balaban J connectivity index is 2.21. The predicted octanol–water partition coefficient (Wildman–Crippen LogP) is 2.09. The molecule has 18 heavy (non-hydrogen) atoms. The summed E-state index contributed by atoms with van der Waals surface area (Å²) in [6.07, 6.45) is 1.30. The van der Waals surface area contributed by atoms with E-state index < -0.39 is 5.97 Å². The van der Waals surface area contributed by atoms with Crippen LogP contribution < -0.4 is 0 Å². The van der Waals surface area contributed by atoms with Crippen molar-refractivity contribution in [3.8, 4) is 11.3 Å². The highest BCUT2D eigenvalue weighted by atomic mass is 16.4. The van der Waals surface area contributed by atoms with Crippen molar-refractivity contribution in [1.29, 1.82) is 0 Å². The van der Waals surface area contributed by atoms with Crippen LogP contribution in [0.4, 0.5) is 0 Å². The molecule has 3 aromatic rings. The van der Waals surface area contributed by atoms with Crippen LogP contribution >= 0.6 is 0 Å². The zero-order chi connectivity index (χ0) is 12.5. The summed E-state index contributed by atoms with van der Waals surface area (Å²) in [5.74, 6) is -1.04. The molecule has 88 valence electrons. The minimum atomic E-state index is -1.04. The van der Waals surface area contributed by atoms with Crippen LogP contribution in [0, 0.1) is 0 Å². The maximum Gasteiger partial charge on any atom is 0.356 e. The molecule has 2 aromatic heterocycles. The molecular weight excluding hydrogens is 230 g/mol. The molecule has 5 nitrogen and oxygen atoms in total. The summed E-state index contributed by atoms with van der Waals surface area (Å²) in [5, 5.41) is 13.3. The van der Waals surface area contributed by atoms with E-state index in [1.54, 1.807) is 6.07 Å². The Morgan fingerprint density at radius 3 is 2.61 bits per heavy atom. The molecule has 0 aliphatic carbocycles. The number of fused-ring (bicyclic) bond motifs is 1. The van der Waals surface area contributed by atoms with Crippen LogP contribution in [0.2, 0.25) is 0 Å². The summed E-state index contributed by atoms with van der Waals surface area (Å²) >= 11 is 0. The van der Waals surface area contributed by atoms with Crippen LogP contribution in [0.15, 0.2) is 48.7 Å². The monoisotopic (exact) mass is 239 g/mol. The molecule has 1 aromatic carbocycles. The van der Waals surface area contributed by atoms with Crippen molar-refractivity contribution in [1.82, 2.24) is 14.6 Å². The van der Waals surface area contributed by atoms with Gasteiger partial charge in [0.1, 0.15) is 0 Å². The van der Waals surface area contributed by atoms with Crippen LogP contribution in [0.3, 0.4) is 0 Å². The van der Waals surface area contributed by atoms with Gasteiger partial charge in [-0.3, -0.25) is 0 Å². The van der Waals surface area contributed by atoms with Gasteiger partial charge in [0.15, 0.2) is 11.3 Å². The third kappa shape index (κ3) is 1.62. The topological polar surface area (TPSA) is 67.5 Å². The quantitative estimate of drug-likeness (QED) is 0.743. The van der Waals surface area contributed by atoms with Crippen molar-refractivity contribution in [2.75, 3.05) is 0 Å². The lowest BCUT2D eigenvalue weighted by atomic mass is 10.1. The fraction of sp³-hybridized carbons (Fsp3) is 0. The highest BCUT2D eigenvalue weighted by molar-refractivity contribution is 5.86. The lowest BCUT2D eigenvalue weighted by Gasteiger charge is -2.02. The molecule has 0 aliphatic rings. The second-order valence-electron chi connectivity index (χ2n) is 3.80. The number of hydrogen-bond donors (Lipinski definition) is 1. The number of imidazole rings is 1. The van der Waals surface area contributed by atoms with E-state index in [4.69, 9.17) is 5.11 Å². The van der Waals surface area contributed by atoms with E-state index in [-0.39, 0.29) is 5.69 Å². The SMILES string of the molecule is O=C(O)c1cnc2ccc(-c3ccccc3)nn12. The molecule has 0 radical (unpaired) electrons. The van der Waals surface area contributed by atoms with E-state index in [1.165, 1.54) is 10.7 Å². The van der Waals surface area contributed by atoms with E-state index >= 15 is 0 Å². The van der Waals surface area contributed by atoms with Crippen LogP contribution in [0.1, 0.15) is 10.5 Å². The molecular formula is C13H9N3O2. The molecule has 2 heterocycles. The number of rotatable bonds is 2. The average Bonchev–Trinajstić information content (AvgIpc) is 2.82. The van der Waals surface area contributed by atoms with E-state index in [2.05, 4.69) is 10.1 Å². The van der Waals surface area contributed by atoms with Crippen molar-refractivity contribution in [3.63, 3.8) is 0 Å². The van der Waals surface area contributed by atoms with Gasteiger partial charge in [-0.2, -0.15) is 5.10 Å². The van der Waals surface area contributed by atoms with Crippen LogP contribution in [0.25, 0.3) is 16.9 Å². The third-order valence-electron chi connectivity index (χ3n) is 2.65. The number of carboxylic acids is 1. The standard InChI is InChI=1S/C13H9N3O2/c17-13(18)11-8-14-12-7-6-10(15-16(11)12)9-4-2-1-3-5-9/h1-8H,(H,17,18). The first-order valence-corrected chi connectivity index (χ1v) is 5.39. The number of carbonyl (C=O) groups is 1. The molecule has 5 heteroatoms. The van der Waals surface area contributed by atoms with E-state index in [9.17, 15) is 4.79 Å². The first kappa shape index (κ1) is 10.5. The number of nitrogens with zero attached hydrogens (tertiary/aromatic N) is 3. The zero-order valence-corrected chi connectivity index (χ0v) is 9.32. The summed E-state index contributed by atoms with van der Waals surface area (Å²) in [5.41, 5.74) is 2.22. The summed E-state index contributed by atoms with van der Waals surface area (Å²) in [4.78, 5) is 15.0. The maximum absolute atomic E-state index is 11.0. The number of aromatic nitrogens is 3. The van der Waals surface area contributed by atoms with Crippen molar-refractivity contribution < 1.29 is 9.90 Å². The number of benzene rings is 1. The first-order valence-electron chi connectivity index (χ1n) is 5.39. The molecule has 0 bridgehead atoms. The molecule has 0 fully saturated rings. The Morgan fingerprint density at radius 1 is 1.11 bits per heavy atom. The van der Waals surface area contributed by atoms with Gasteiger partial charge >= 0.3 is 5.97 Å². The van der Waals surface area contributed by atoms with Gasteiger partial charge in [0.25, 0.3) is 0 Å². The van der Waals surface area contributed by atoms with E-state index in [0.717, 1.165) is 5.56 Å². The predicted molar refractivity (Wildman–Crippen MR) is 65.4 cm³/mol. The summed E-state index contributed by atoms with van der Waals surface area (Å²) in [7, 11) is 0. The van der Waals surface area contributed by atoms with Crippen molar-refractivity contribution >= 4 is 11.6 Å². The molecule has 1 N–H and O–H groups in total. The molecule has 0 unspecified atom stereocenters. The van der Waals surface area contributed by atoms with Gasteiger partial charge in [0.05, 0.1) is 11.9 Å². The molecule has 3 rings (SSSR count). The summed E-state index contributed by atoms with van der Waals surface area (Å²) in [6, 6.07) is 13.2. The number of aromatic carboxylic acids is 1. The molecule has 0 saturated carbocycles. The van der Waals surface area contributed by atoms with Gasteiger partial charge in [0.2, 0.25) is 0 Å². The number of hydrogen-bond acceptors (Lipinski definition) is 3. The fourth-order valence-electron chi connectivity index (χ4n) is 1.78. The summed E-state index contributed by atoms with van der Waals surface area (Å²) < 4.78 is 1.34. The molecule has 0 aliphatic heterocycles. The van der Waals surface area contributed by atoms with Crippen molar-refractivity contribution in [3.05, 3.63) is 54.4 Å². The van der Waals surface area contributed by atoms with Crippen molar-refractivity contribution in [2.45, 2.75) is 0 Å². The van der Waals surface area contributed by atoms with Crippen LogP contribution in [-0.2, 0) is 0 Å². The van der Waals surface area contributed by atoms with Gasteiger partial charge in [-0.25, -0.2) is 14.3 Å². The van der Waals surface area contributed by atoms with E-state index in [1.807, 2.05) is 36.4 Å². The lowest BCUT2D eigenvalue weighted by molar-refractivity contribution is 0.0688. The normalized spacial score (nSPS) is 10.7. The Morgan fingerprint density at radius 2 is 1.89 bits per heavy atom. The first-order chi connectivity index (χ1) is 8.75. The molecule has 0 spiro atoms. The van der Waals surface area contributed by atoms with Gasteiger partial charge < -0.3 is 5.11 Å². The fourth-order valence-corrected chi connectivity index (χ4v) is 1.78. The Bertz CT molecular complexity index is 719. The second-order valence-corrected chi connectivity index (χ2v) is 3.80. The van der Waals surface area contributed by atoms with Crippen LogP contribution in [-0.4, -0.2) is 25.7 Å².